The minimum atomic E-state index is -4.54. The summed E-state index contributed by atoms with van der Waals surface area (Å²) < 4.78 is 38.7. The van der Waals surface area contributed by atoms with E-state index in [0.717, 1.165) is 23.9 Å². The summed E-state index contributed by atoms with van der Waals surface area (Å²) in [7, 11) is 1.83. The molecule has 2 aromatic rings. The minimum absolute atomic E-state index is 0.0627. The van der Waals surface area contributed by atoms with E-state index in [-0.39, 0.29) is 28.8 Å². The van der Waals surface area contributed by atoms with Crippen molar-refractivity contribution in [2.24, 2.45) is 0 Å². The molecular weight excluding hydrogens is 373 g/mol. The van der Waals surface area contributed by atoms with Gasteiger partial charge >= 0.3 is 12.1 Å². The predicted molar refractivity (Wildman–Crippen MR) is 97.0 cm³/mol. The second-order valence-corrected chi connectivity index (χ2v) is 7.18. The topological polar surface area (TPSA) is 79.6 Å². The number of halogens is 3. The number of carbonyl (C=O) groups is 1. The Labute approximate surface area is 160 Å². The molecule has 0 saturated carbocycles. The highest BCUT2D eigenvalue weighted by atomic mass is 19.4. The number of hydrogen-bond donors (Lipinski definition) is 3. The summed E-state index contributed by atoms with van der Waals surface area (Å²) in [5.74, 6) is 0.00280. The summed E-state index contributed by atoms with van der Waals surface area (Å²) in [6.07, 6.45) is -2.92. The van der Waals surface area contributed by atoms with E-state index in [9.17, 15) is 23.1 Å². The van der Waals surface area contributed by atoms with E-state index >= 15 is 0 Å². The molecule has 9 heteroatoms. The molecule has 1 aromatic carbocycles. The minimum Gasteiger partial charge on any atom is -0.507 e. The van der Waals surface area contributed by atoms with Crippen molar-refractivity contribution in [3.63, 3.8) is 0 Å². The van der Waals surface area contributed by atoms with Gasteiger partial charge in [0.1, 0.15) is 11.8 Å². The van der Waals surface area contributed by atoms with Crippen LogP contribution in [-0.2, 0) is 11.0 Å². The van der Waals surface area contributed by atoms with Crippen LogP contribution in [0.1, 0.15) is 29.5 Å². The third-order valence-electron chi connectivity index (χ3n) is 4.98. The lowest BCUT2D eigenvalue weighted by Gasteiger charge is -2.25. The van der Waals surface area contributed by atoms with Crippen LogP contribution in [0.15, 0.2) is 18.2 Å². The van der Waals surface area contributed by atoms with Crippen LogP contribution in [0.25, 0.3) is 11.3 Å². The summed E-state index contributed by atoms with van der Waals surface area (Å²) in [6, 6.07) is 2.94. The molecule has 1 unspecified atom stereocenters. The Bertz CT molecular complexity index is 892. The van der Waals surface area contributed by atoms with Crippen LogP contribution in [0.2, 0.25) is 0 Å². The maximum atomic E-state index is 12.9. The third kappa shape index (κ3) is 3.94. The molecule has 150 valence electrons. The first-order valence-corrected chi connectivity index (χ1v) is 8.96. The van der Waals surface area contributed by atoms with Crippen LogP contribution in [0, 0.1) is 13.8 Å². The molecule has 28 heavy (non-hydrogen) atoms. The fourth-order valence-electron chi connectivity index (χ4n) is 3.44. The first-order valence-electron chi connectivity index (χ1n) is 8.96. The lowest BCUT2D eigenvalue weighted by Crippen LogP contribution is -3.14. The normalized spacial score (nSPS) is 20.3. The average molecular weight is 395 g/mol. The van der Waals surface area contributed by atoms with Crippen molar-refractivity contribution in [3.8, 4) is 17.0 Å². The average Bonchev–Trinajstić information content (AvgIpc) is 2.59. The fraction of sp³-hybridized carbons (Fsp3) is 0.421. The molecule has 1 amide bonds. The number of hydrogen-bond acceptors (Lipinski definition) is 5. The van der Waals surface area contributed by atoms with Gasteiger partial charge in [0.05, 0.1) is 24.8 Å². The Balaban J connectivity index is 1.90. The van der Waals surface area contributed by atoms with Gasteiger partial charge in [0.25, 0.3) is 0 Å². The molecule has 0 bridgehead atoms. The van der Waals surface area contributed by atoms with Crippen LogP contribution in [0.4, 0.5) is 19.0 Å². The number of rotatable bonds is 3. The van der Waals surface area contributed by atoms with Crippen molar-refractivity contribution in [1.82, 2.24) is 10.2 Å². The van der Waals surface area contributed by atoms with Gasteiger partial charge in [-0.25, -0.2) is 4.79 Å². The van der Waals surface area contributed by atoms with Crippen molar-refractivity contribution in [3.05, 3.63) is 34.9 Å². The maximum absolute atomic E-state index is 12.9. The number of likely N-dealkylation sites (N-methyl/N-ethyl adjacent to an activating group) is 1. The molecular formula is C19H22F3N4O2+. The Kier molecular flexibility index (Phi) is 5.29. The number of phenols is 1. The summed E-state index contributed by atoms with van der Waals surface area (Å²) in [5, 5.41) is 21.4. The zero-order valence-electron chi connectivity index (χ0n) is 15.8. The van der Waals surface area contributed by atoms with Crippen molar-refractivity contribution in [1.29, 1.82) is 0 Å². The van der Waals surface area contributed by atoms with Gasteiger partial charge in [-0.3, -0.25) is 4.90 Å². The van der Waals surface area contributed by atoms with E-state index in [2.05, 4.69) is 15.5 Å². The molecule has 3 rings (SSSR count). The van der Waals surface area contributed by atoms with Gasteiger partial charge in [-0.2, -0.15) is 13.2 Å². The number of anilines is 1. The summed E-state index contributed by atoms with van der Waals surface area (Å²) in [4.78, 5) is 13.1. The number of aryl methyl sites for hydroxylation is 2. The number of likely N-dealkylation sites (tertiary alicyclic amines) is 1. The van der Waals surface area contributed by atoms with E-state index in [4.69, 9.17) is 0 Å². The third-order valence-corrected chi connectivity index (χ3v) is 4.98. The van der Waals surface area contributed by atoms with E-state index in [1.165, 1.54) is 6.92 Å². The largest absolute Gasteiger partial charge is 0.507 e. The van der Waals surface area contributed by atoms with Gasteiger partial charge in [-0.05, 0) is 56.0 Å². The first kappa shape index (κ1) is 20.1. The van der Waals surface area contributed by atoms with Gasteiger partial charge in [-0.15, -0.1) is 10.2 Å². The summed E-state index contributed by atoms with van der Waals surface area (Å²) in [5.41, 5.74) is 0.475. The number of nitrogens with zero attached hydrogens (tertiary/aromatic N) is 2. The standard InChI is InChI=1S/C19H21F3N4O2/c1-10-7-12(19(20,21)22)9-15(27)16(10)14-8-11(2)17(25-24-14)23-13-5-4-6-26(3)18(13)28/h7-9,13,27H,4-6H2,1-3H3,(H,23,25)/p+1/t13-/m1/s1. The highest BCUT2D eigenvalue weighted by Crippen LogP contribution is 2.38. The van der Waals surface area contributed by atoms with E-state index in [0.29, 0.717) is 23.9 Å². The quantitative estimate of drug-likeness (QED) is 0.742. The predicted octanol–water partition coefficient (Wildman–Crippen LogP) is 2.10. The van der Waals surface area contributed by atoms with Gasteiger partial charge in [-0.1, -0.05) is 0 Å². The van der Waals surface area contributed by atoms with Gasteiger partial charge < -0.3 is 10.4 Å². The van der Waals surface area contributed by atoms with Gasteiger partial charge in [0, 0.05) is 5.56 Å². The van der Waals surface area contributed by atoms with E-state index in [1.807, 2.05) is 7.05 Å². The number of nitrogens with one attached hydrogen (secondary N) is 2. The Hall–Kier alpha value is -2.68. The SMILES string of the molecule is Cc1cc(-c2c(C)cc(C(F)(F)F)cc2O)nnc1N[C@@H]1CCC[NH+](C)C1=O. The second-order valence-electron chi connectivity index (χ2n) is 7.18. The van der Waals surface area contributed by atoms with Crippen LogP contribution >= 0.6 is 0 Å². The lowest BCUT2D eigenvalue weighted by atomic mass is 9.99. The number of phenolic OH excluding ortho intramolecular Hbond substituents is 1. The highest BCUT2D eigenvalue weighted by Gasteiger charge is 2.33. The number of piperidine rings is 1. The summed E-state index contributed by atoms with van der Waals surface area (Å²) >= 11 is 0. The Morgan fingerprint density at radius 2 is 1.89 bits per heavy atom. The second kappa shape index (κ2) is 7.38. The van der Waals surface area contributed by atoms with Gasteiger partial charge in [0.15, 0.2) is 5.82 Å². The van der Waals surface area contributed by atoms with E-state index < -0.39 is 17.5 Å². The molecule has 0 radical (unpaired) electrons. The van der Waals surface area contributed by atoms with Crippen LogP contribution in [0.3, 0.4) is 0 Å². The fourth-order valence-corrected chi connectivity index (χ4v) is 3.44. The van der Waals surface area contributed by atoms with Crippen molar-refractivity contribution in [2.75, 3.05) is 18.9 Å². The molecule has 1 aliphatic heterocycles. The zero-order valence-corrected chi connectivity index (χ0v) is 15.8. The molecule has 1 aliphatic rings. The number of amides is 1. The smallest absolute Gasteiger partial charge is 0.416 e. The Morgan fingerprint density at radius 1 is 1.18 bits per heavy atom. The molecule has 1 saturated heterocycles. The van der Waals surface area contributed by atoms with Crippen LogP contribution < -0.4 is 10.2 Å². The highest BCUT2D eigenvalue weighted by molar-refractivity contribution is 5.78. The first-order chi connectivity index (χ1) is 13.1. The molecule has 2 heterocycles. The Morgan fingerprint density at radius 3 is 2.50 bits per heavy atom. The number of quaternary nitrogens is 1. The molecule has 1 aromatic heterocycles. The van der Waals surface area contributed by atoms with Crippen LogP contribution in [-0.4, -0.2) is 40.8 Å². The monoisotopic (exact) mass is 395 g/mol. The number of benzene rings is 1. The number of alkyl halides is 3. The number of aromatic nitrogens is 2. The van der Waals surface area contributed by atoms with Gasteiger partial charge in [0.2, 0.25) is 0 Å². The molecule has 0 aliphatic carbocycles. The van der Waals surface area contributed by atoms with Crippen LogP contribution in [0.5, 0.6) is 5.75 Å². The molecule has 1 fully saturated rings. The maximum Gasteiger partial charge on any atom is 0.416 e. The van der Waals surface area contributed by atoms with Crippen molar-refractivity contribution >= 4 is 11.7 Å². The van der Waals surface area contributed by atoms with E-state index in [1.54, 1.807) is 13.0 Å². The lowest BCUT2D eigenvalue weighted by molar-refractivity contribution is -0.802. The molecule has 6 nitrogen and oxygen atoms in total. The number of aromatic hydroxyl groups is 1. The summed E-state index contributed by atoms with van der Waals surface area (Å²) in [6.45, 7) is 4.04. The number of carbonyl (C=O) groups excluding carboxylic acids is 1. The van der Waals surface area contributed by atoms with Crippen molar-refractivity contribution < 1.29 is 28.0 Å². The zero-order chi connectivity index (χ0) is 20.6. The molecule has 3 N–H and O–H groups in total. The van der Waals surface area contributed by atoms with Crippen molar-refractivity contribution in [2.45, 2.75) is 38.9 Å². The molecule has 0 spiro atoms. The molecule has 2 atom stereocenters.